The zero-order chi connectivity index (χ0) is 15.3. The van der Waals surface area contributed by atoms with Gasteiger partial charge in [0.25, 0.3) is 0 Å². The minimum absolute atomic E-state index is 0.0397. The lowest BCUT2D eigenvalue weighted by molar-refractivity contribution is -0.147. The van der Waals surface area contributed by atoms with Crippen molar-refractivity contribution in [3.8, 4) is 0 Å². The van der Waals surface area contributed by atoms with Gasteiger partial charge in [-0.3, -0.25) is 4.79 Å². The maximum atomic E-state index is 13.9. The van der Waals surface area contributed by atoms with Crippen molar-refractivity contribution in [1.82, 2.24) is 0 Å². The molecule has 2 aromatic carbocycles. The highest BCUT2D eigenvalue weighted by molar-refractivity contribution is 5.84. The molecule has 0 saturated carbocycles. The molecule has 110 valence electrons. The van der Waals surface area contributed by atoms with Crippen LogP contribution in [0.3, 0.4) is 0 Å². The number of rotatable bonds is 5. The Bertz CT molecular complexity index is 615. The summed E-state index contributed by atoms with van der Waals surface area (Å²) in [6.45, 7) is 0.0397. The summed E-state index contributed by atoms with van der Waals surface area (Å²) in [7, 11) is 1.32. The zero-order valence-electron chi connectivity index (χ0n) is 11.9. The second-order valence-corrected chi connectivity index (χ2v) is 4.91. The number of benzene rings is 2. The molecule has 0 heterocycles. The van der Waals surface area contributed by atoms with Gasteiger partial charge < -0.3 is 10.5 Å². The summed E-state index contributed by atoms with van der Waals surface area (Å²) in [5.41, 5.74) is 5.97. The highest BCUT2D eigenvalue weighted by Crippen LogP contribution is 2.30. The fraction of sp³-hybridized carbons (Fsp3) is 0.235. The third-order valence-electron chi connectivity index (χ3n) is 3.70. The largest absolute Gasteiger partial charge is 0.468 e. The quantitative estimate of drug-likeness (QED) is 0.859. The van der Waals surface area contributed by atoms with Gasteiger partial charge in [0.2, 0.25) is 0 Å². The number of methoxy groups -OCH3 is 1. The fourth-order valence-electron chi connectivity index (χ4n) is 2.48. The smallest absolute Gasteiger partial charge is 0.317 e. The maximum absolute atomic E-state index is 13.9. The molecule has 0 amide bonds. The topological polar surface area (TPSA) is 52.3 Å². The van der Waals surface area contributed by atoms with Crippen LogP contribution < -0.4 is 5.73 Å². The monoisotopic (exact) mass is 287 g/mol. The lowest BCUT2D eigenvalue weighted by Crippen LogP contribution is -2.46. The molecule has 0 fully saturated rings. The summed E-state index contributed by atoms with van der Waals surface area (Å²) in [5.74, 6) is -0.811. The normalized spacial score (nSPS) is 13.5. The minimum Gasteiger partial charge on any atom is -0.468 e. The standard InChI is InChI=1S/C17H18FNO2/c1-21-16(20)17(12-19,14-8-3-2-4-9-14)11-13-7-5-6-10-15(13)18/h2-10H,11-12,19H2,1H3. The zero-order valence-corrected chi connectivity index (χ0v) is 11.9. The van der Waals surface area contributed by atoms with Crippen molar-refractivity contribution in [3.63, 3.8) is 0 Å². The first-order chi connectivity index (χ1) is 10.1. The average molecular weight is 287 g/mol. The van der Waals surface area contributed by atoms with Gasteiger partial charge in [0.05, 0.1) is 7.11 Å². The van der Waals surface area contributed by atoms with Crippen LogP contribution in [0.25, 0.3) is 0 Å². The summed E-state index contributed by atoms with van der Waals surface area (Å²) < 4.78 is 18.9. The number of carbonyl (C=O) groups excluding carboxylic acids is 1. The van der Waals surface area contributed by atoms with Crippen molar-refractivity contribution in [2.75, 3.05) is 13.7 Å². The van der Waals surface area contributed by atoms with E-state index >= 15 is 0 Å². The Labute approximate surface area is 123 Å². The van der Waals surface area contributed by atoms with Crippen LogP contribution in [-0.4, -0.2) is 19.6 Å². The van der Waals surface area contributed by atoms with E-state index < -0.39 is 11.4 Å². The van der Waals surface area contributed by atoms with Crippen LogP contribution in [-0.2, 0) is 21.4 Å². The van der Waals surface area contributed by atoms with Crippen molar-refractivity contribution >= 4 is 5.97 Å². The highest BCUT2D eigenvalue weighted by atomic mass is 19.1. The van der Waals surface area contributed by atoms with Gasteiger partial charge in [0.1, 0.15) is 11.2 Å². The Morgan fingerprint density at radius 2 is 1.76 bits per heavy atom. The van der Waals surface area contributed by atoms with E-state index in [4.69, 9.17) is 10.5 Å². The molecule has 2 aromatic rings. The summed E-state index contributed by atoms with van der Waals surface area (Å²) in [5, 5.41) is 0. The van der Waals surface area contributed by atoms with Gasteiger partial charge in [-0.05, 0) is 23.6 Å². The number of halogens is 1. The van der Waals surface area contributed by atoms with E-state index in [2.05, 4.69) is 0 Å². The highest BCUT2D eigenvalue weighted by Gasteiger charge is 2.40. The van der Waals surface area contributed by atoms with E-state index in [0.717, 1.165) is 5.56 Å². The van der Waals surface area contributed by atoms with Gasteiger partial charge >= 0.3 is 5.97 Å². The van der Waals surface area contributed by atoms with Crippen molar-refractivity contribution < 1.29 is 13.9 Å². The number of carbonyl (C=O) groups is 1. The van der Waals surface area contributed by atoms with Gasteiger partial charge in [-0.15, -0.1) is 0 Å². The van der Waals surface area contributed by atoms with E-state index in [0.29, 0.717) is 5.56 Å². The molecule has 0 aromatic heterocycles. The second-order valence-electron chi connectivity index (χ2n) is 4.91. The molecule has 0 aliphatic carbocycles. The van der Waals surface area contributed by atoms with Gasteiger partial charge in [-0.2, -0.15) is 0 Å². The van der Waals surface area contributed by atoms with E-state index in [1.807, 2.05) is 30.3 Å². The van der Waals surface area contributed by atoms with Crippen LogP contribution in [0.1, 0.15) is 11.1 Å². The van der Waals surface area contributed by atoms with Crippen molar-refractivity contribution in [2.45, 2.75) is 11.8 Å². The van der Waals surface area contributed by atoms with E-state index in [1.54, 1.807) is 18.2 Å². The minimum atomic E-state index is -1.09. The molecule has 0 saturated heterocycles. The van der Waals surface area contributed by atoms with Gasteiger partial charge in [0.15, 0.2) is 0 Å². The Kier molecular flexibility index (Phi) is 4.70. The molecule has 2 rings (SSSR count). The predicted molar refractivity (Wildman–Crippen MR) is 79.3 cm³/mol. The fourth-order valence-corrected chi connectivity index (χ4v) is 2.48. The first kappa shape index (κ1) is 15.2. The molecule has 3 nitrogen and oxygen atoms in total. The molecule has 0 radical (unpaired) electrons. The van der Waals surface area contributed by atoms with E-state index in [9.17, 15) is 9.18 Å². The number of nitrogens with two attached hydrogens (primary N) is 1. The second kappa shape index (κ2) is 6.50. The number of hydrogen-bond donors (Lipinski definition) is 1. The van der Waals surface area contributed by atoms with Crippen LogP contribution in [0, 0.1) is 5.82 Å². The molecule has 0 bridgehead atoms. The van der Waals surface area contributed by atoms with Gasteiger partial charge in [-0.25, -0.2) is 4.39 Å². The van der Waals surface area contributed by atoms with Crippen molar-refractivity contribution in [1.29, 1.82) is 0 Å². The number of hydrogen-bond acceptors (Lipinski definition) is 3. The SMILES string of the molecule is COC(=O)C(CN)(Cc1ccccc1F)c1ccccc1. The van der Waals surface area contributed by atoms with E-state index in [-0.39, 0.29) is 18.8 Å². The van der Waals surface area contributed by atoms with Crippen LogP contribution in [0.2, 0.25) is 0 Å². The molecule has 21 heavy (non-hydrogen) atoms. The third-order valence-corrected chi connectivity index (χ3v) is 3.70. The summed E-state index contributed by atoms with van der Waals surface area (Å²) in [6.07, 6.45) is 0.160. The van der Waals surface area contributed by atoms with Crippen molar-refractivity contribution in [2.24, 2.45) is 5.73 Å². The molecule has 0 aliphatic heterocycles. The Hall–Kier alpha value is -2.20. The molecule has 2 N–H and O–H groups in total. The Morgan fingerprint density at radius 3 is 2.33 bits per heavy atom. The summed E-state index contributed by atoms with van der Waals surface area (Å²) in [4.78, 5) is 12.4. The number of ether oxygens (including phenoxy) is 1. The van der Waals surface area contributed by atoms with Gasteiger partial charge in [0, 0.05) is 6.54 Å². The van der Waals surface area contributed by atoms with Crippen LogP contribution in [0.5, 0.6) is 0 Å². The lowest BCUT2D eigenvalue weighted by atomic mass is 9.75. The predicted octanol–water partition coefficient (Wildman–Crippen LogP) is 2.44. The summed E-state index contributed by atoms with van der Waals surface area (Å²) in [6, 6.07) is 15.5. The maximum Gasteiger partial charge on any atom is 0.317 e. The van der Waals surface area contributed by atoms with Gasteiger partial charge in [-0.1, -0.05) is 48.5 Å². The lowest BCUT2D eigenvalue weighted by Gasteiger charge is -2.30. The molecular formula is C17H18FNO2. The molecule has 0 aliphatic rings. The van der Waals surface area contributed by atoms with Crippen LogP contribution in [0.15, 0.2) is 54.6 Å². The number of esters is 1. The summed E-state index contributed by atoms with van der Waals surface area (Å²) >= 11 is 0. The first-order valence-electron chi connectivity index (χ1n) is 6.71. The third kappa shape index (κ3) is 2.95. The molecule has 0 spiro atoms. The Morgan fingerprint density at radius 1 is 1.14 bits per heavy atom. The molecular weight excluding hydrogens is 269 g/mol. The van der Waals surface area contributed by atoms with Crippen LogP contribution >= 0.6 is 0 Å². The first-order valence-corrected chi connectivity index (χ1v) is 6.71. The van der Waals surface area contributed by atoms with E-state index in [1.165, 1.54) is 13.2 Å². The molecule has 4 heteroatoms. The van der Waals surface area contributed by atoms with Crippen LogP contribution in [0.4, 0.5) is 4.39 Å². The Balaban J connectivity index is 2.51. The molecule has 1 unspecified atom stereocenters. The molecule has 1 atom stereocenters. The van der Waals surface area contributed by atoms with Crippen molar-refractivity contribution in [3.05, 3.63) is 71.5 Å². The average Bonchev–Trinajstić information content (AvgIpc) is 2.54.